The second kappa shape index (κ2) is 23.2. The van der Waals surface area contributed by atoms with Crippen molar-refractivity contribution in [3.8, 4) is 112 Å². The van der Waals surface area contributed by atoms with Gasteiger partial charge in [-0.25, -0.2) is 22.0 Å². The van der Waals surface area contributed by atoms with Gasteiger partial charge in [-0.2, -0.15) is 13.2 Å². The van der Waals surface area contributed by atoms with E-state index in [0.29, 0.717) is 83.1 Å². The molecule has 0 fully saturated rings. The first-order valence-electron chi connectivity index (χ1n) is 30.3. The molecule has 0 unspecified atom stereocenters. The quantitative estimate of drug-likeness (QED) is 0.0735. The van der Waals surface area contributed by atoms with Crippen LogP contribution in [0.5, 0.6) is 0 Å². The van der Waals surface area contributed by atoms with Gasteiger partial charge in [-0.15, -0.1) is 0 Å². The van der Waals surface area contributed by atoms with E-state index in [9.17, 15) is 0 Å². The second-order valence-electron chi connectivity index (χ2n) is 23.1. The number of fused-ring (bicyclic) bond motifs is 6. The van der Waals surface area contributed by atoms with Crippen LogP contribution in [0, 0.1) is 29.1 Å². The summed E-state index contributed by atoms with van der Waals surface area (Å²) in [5.74, 6) is -12.2. The van der Waals surface area contributed by atoms with E-state index in [-0.39, 0.29) is 11.4 Å². The highest BCUT2D eigenvalue weighted by Gasteiger charge is 2.39. The summed E-state index contributed by atoms with van der Waals surface area (Å²) in [4.78, 5) is 18.7. The van der Waals surface area contributed by atoms with Crippen molar-refractivity contribution in [2.45, 2.75) is 6.18 Å². The number of benzene rings is 10. The average molecular weight is 1260 g/mol. The molecule has 0 bridgehead atoms. The Kier molecular flexibility index (Phi) is 14.2. The lowest BCUT2D eigenvalue weighted by Crippen LogP contribution is -2.14. The molecule has 456 valence electrons. The Labute approximate surface area is 537 Å². The van der Waals surface area contributed by atoms with Gasteiger partial charge in [0, 0.05) is 74.1 Å². The van der Waals surface area contributed by atoms with Crippen molar-refractivity contribution in [1.29, 1.82) is 0 Å². The van der Waals surface area contributed by atoms with E-state index in [1.54, 1.807) is 33.9 Å². The summed E-state index contributed by atoms with van der Waals surface area (Å²) in [5, 5.41) is 2.44. The van der Waals surface area contributed by atoms with Crippen molar-refractivity contribution in [2.75, 3.05) is 0 Å². The fourth-order valence-corrected chi connectivity index (χ4v) is 13.0. The third kappa shape index (κ3) is 10.2. The highest BCUT2D eigenvalue weighted by atomic mass is 19.4. The zero-order chi connectivity index (χ0) is 64.6. The monoisotopic (exact) mass is 1250 g/mol. The van der Waals surface area contributed by atoms with Crippen LogP contribution >= 0.6 is 0 Å². The van der Waals surface area contributed by atoms with Crippen LogP contribution in [-0.4, -0.2) is 29.1 Å². The van der Waals surface area contributed by atoms with Gasteiger partial charge in [-0.05, 0) is 136 Å². The largest absolute Gasteiger partial charge is 0.417 e. The van der Waals surface area contributed by atoms with Crippen LogP contribution in [-0.2, 0) is 6.18 Å². The highest BCUT2D eigenvalue weighted by molar-refractivity contribution is 6.14. The molecule has 0 aliphatic rings. The minimum absolute atomic E-state index is 0.115. The van der Waals surface area contributed by atoms with Gasteiger partial charge in [0.05, 0.1) is 67.3 Å². The molecule has 0 spiro atoms. The fraction of sp³-hybridized carbons (Fsp3) is 0.0123. The van der Waals surface area contributed by atoms with Gasteiger partial charge in [0.15, 0.2) is 23.3 Å². The van der Waals surface area contributed by atoms with E-state index < -0.39 is 52.0 Å². The van der Waals surface area contributed by atoms with Crippen molar-refractivity contribution >= 4 is 43.6 Å². The third-order valence-electron chi connectivity index (χ3n) is 17.6. The molecule has 0 aliphatic heterocycles. The van der Waals surface area contributed by atoms with Crippen LogP contribution in [0.3, 0.4) is 0 Å². The predicted molar refractivity (Wildman–Crippen MR) is 360 cm³/mol. The van der Waals surface area contributed by atoms with Gasteiger partial charge in [0.1, 0.15) is 0 Å². The molecule has 0 N–H and O–H groups in total. The maximum absolute atomic E-state index is 16.7. The Morgan fingerprint density at radius 1 is 0.253 bits per heavy atom. The third-order valence-corrected chi connectivity index (χ3v) is 17.6. The SMILES string of the molecule is Fc1c(F)c(F)c(-c2cc(-n3c4cc(-c5ccnc(-c6ccccc6)c5)ccc4c4ccc(-c5ccnc(-c6ccccc6)c5)cc43)c(-n3c4ccc(-c5ccnc(-c6ccccc6)c5)cc4c4ccc(-c5ccnc(-c6ccccc6)c5)cc43)cc2C(F)(F)F)c(F)c1F. The molecule has 16 aromatic rings. The summed E-state index contributed by atoms with van der Waals surface area (Å²) >= 11 is 0. The van der Waals surface area contributed by atoms with E-state index >= 15 is 35.1 Å². The fourth-order valence-electron chi connectivity index (χ4n) is 13.0. The Morgan fingerprint density at radius 2 is 0.558 bits per heavy atom. The van der Waals surface area contributed by atoms with Crippen molar-refractivity contribution in [3.05, 3.63) is 314 Å². The molecule has 0 saturated heterocycles. The average Bonchev–Trinajstić information content (AvgIpc) is 1.61. The summed E-state index contributed by atoms with van der Waals surface area (Å²) in [5.41, 5.74) is 8.44. The molecule has 0 atom stereocenters. The van der Waals surface area contributed by atoms with Gasteiger partial charge >= 0.3 is 6.18 Å². The Hall–Kier alpha value is -12.2. The molecule has 6 aromatic heterocycles. The van der Waals surface area contributed by atoms with E-state index in [1.807, 2.05) is 243 Å². The lowest BCUT2D eigenvalue weighted by Gasteiger charge is -2.23. The maximum atomic E-state index is 16.7. The molecule has 16 rings (SSSR count). The molecule has 6 heterocycles. The molecule has 14 heteroatoms. The van der Waals surface area contributed by atoms with Crippen LogP contribution in [0.25, 0.3) is 156 Å². The van der Waals surface area contributed by atoms with Crippen LogP contribution < -0.4 is 0 Å². The van der Waals surface area contributed by atoms with Crippen molar-refractivity contribution in [1.82, 2.24) is 29.1 Å². The topological polar surface area (TPSA) is 61.4 Å². The van der Waals surface area contributed by atoms with Crippen LogP contribution in [0.2, 0.25) is 0 Å². The minimum Gasteiger partial charge on any atom is -0.307 e. The summed E-state index contributed by atoms with van der Waals surface area (Å²) in [6.45, 7) is 0. The minimum atomic E-state index is -5.49. The van der Waals surface area contributed by atoms with Gasteiger partial charge < -0.3 is 9.13 Å². The van der Waals surface area contributed by atoms with Gasteiger partial charge in [-0.1, -0.05) is 164 Å². The summed E-state index contributed by atoms with van der Waals surface area (Å²) in [7, 11) is 0. The second-order valence-corrected chi connectivity index (χ2v) is 23.1. The number of alkyl halides is 3. The van der Waals surface area contributed by atoms with Crippen LogP contribution in [0.4, 0.5) is 35.1 Å². The summed E-state index contributed by atoms with van der Waals surface area (Å²) in [6.07, 6.45) is 1.27. The number of pyridine rings is 4. The first-order valence-corrected chi connectivity index (χ1v) is 30.3. The molecule has 0 aliphatic carbocycles. The molecular weight excluding hydrogens is 1210 g/mol. The van der Waals surface area contributed by atoms with E-state index in [2.05, 4.69) is 19.9 Å². The number of hydrogen-bond acceptors (Lipinski definition) is 4. The van der Waals surface area contributed by atoms with Crippen molar-refractivity contribution in [2.24, 2.45) is 0 Å². The molecule has 6 nitrogen and oxygen atoms in total. The molecule has 0 amide bonds. The molecular formula is C81H46F8N6. The predicted octanol–water partition coefficient (Wildman–Crippen LogP) is 22.2. The first kappa shape index (κ1) is 58.0. The lowest BCUT2D eigenvalue weighted by atomic mass is 9.95. The zero-order valence-corrected chi connectivity index (χ0v) is 49.8. The van der Waals surface area contributed by atoms with Gasteiger partial charge in [0.2, 0.25) is 5.82 Å². The Balaban J connectivity index is 1.04. The van der Waals surface area contributed by atoms with Gasteiger partial charge in [0.25, 0.3) is 0 Å². The Morgan fingerprint density at radius 3 is 0.926 bits per heavy atom. The standard InChI is InChI=1S/C81H46F8N6/c82-76-75(77(83)79(85)80(86)78(76)84)63-45-73(95-70-42-52(56-30-34-91-66(39-56)48-15-7-2-8-16-48)21-25-59(70)60-26-22-53(43-71(60)95)57-31-35-92-67(40-57)49-17-9-3-10-18-49)74(46-64(63)81(87,88)89)94-69-28-24-51(55-29-33-90-65(38-55)47-13-5-1-6-14-47)37-62(69)61-27-23-54(44-72(61)94)58-32-36-93-68(41-58)50-19-11-4-12-20-50/h1-46H. The van der Waals surface area contributed by atoms with E-state index in [4.69, 9.17) is 0 Å². The Bertz CT molecular complexity index is 5550. The number of hydrogen-bond donors (Lipinski definition) is 0. The van der Waals surface area contributed by atoms with Crippen LogP contribution in [0.15, 0.2) is 280 Å². The first-order chi connectivity index (χ1) is 46.3. The smallest absolute Gasteiger partial charge is 0.307 e. The van der Waals surface area contributed by atoms with Crippen molar-refractivity contribution in [3.63, 3.8) is 0 Å². The number of aromatic nitrogens is 6. The molecule has 95 heavy (non-hydrogen) atoms. The molecule has 10 aromatic carbocycles. The number of halogens is 8. The highest BCUT2D eigenvalue weighted by Crippen LogP contribution is 2.49. The number of nitrogens with zero attached hydrogens (tertiary/aromatic N) is 6. The number of rotatable bonds is 11. The van der Waals surface area contributed by atoms with Gasteiger partial charge in [-0.3, -0.25) is 19.9 Å². The summed E-state index contributed by atoms with van der Waals surface area (Å²) < 4.78 is 133. The van der Waals surface area contributed by atoms with Crippen molar-refractivity contribution < 1.29 is 35.1 Å². The van der Waals surface area contributed by atoms with Crippen LogP contribution in [0.1, 0.15) is 5.56 Å². The molecule has 0 radical (unpaired) electrons. The molecule has 0 saturated carbocycles. The zero-order valence-electron chi connectivity index (χ0n) is 49.8. The maximum Gasteiger partial charge on any atom is 0.417 e. The normalized spacial score (nSPS) is 11.8. The van der Waals surface area contributed by atoms with E-state index in [0.717, 1.165) is 62.2 Å². The van der Waals surface area contributed by atoms with E-state index in [1.165, 1.54) is 0 Å². The lowest BCUT2D eigenvalue weighted by molar-refractivity contribution is -0.137. The summed E-state index contributed by atoms with van der Waals surface area (Å²) in [6, 6.07) is 77.9.